The quantitative estimate of drug-likeness (QED) is 0.838. The molecule has 1 aliphatic carbocycles. The first-order valence-corrected chi connectivity index (χ1v) is 7.57. The number of hydrogen-bond donors (Lipinski definition) is 2. The maximum absolute atomic E-state index is 12.3. The van der Waals surface area contributed by atoms with Gasteiger partial charge in [-0.3, -0.25) is 9.59 Å². The van der Waals surface area contributed by atoms with E-state index in [9.17, 15) is 9.59 Å². The van der Waals surface area contributed by atoms with Crippen LogP contribution in [0.2, 0.25) is 5.15 Å². The Morgan fingerprint density at radius 2 is 2.19 bits per heavy atom. The number of nitrogens with zero attached hydrogens (tertiary/aromatic N) is 1. The van der Waals surface area contributed by atoms with Crippen molar-refractivity contribution < 1.29 is 14.7 Å². The lowest BCUT2D eigenvalue weighted by atomic mass is 9.85. The standard InChI is InChI=1S/C15H19ClN2O3/c1-2-11-7-10(8-13(16)17-11)14(19)18-12-5-3-4-9(6-12)15(20)21/h7-9,12H,2-6H2,1H3,(H,18,19)(H,20,21). The highest BCUT2D eigenvalue weighted by atomic mass is 35.5. The number of aryl methyl sites for hydroxylation is 1. The molecule has 0 saturated heterocycles. The maximum atomic E-state index is 12.3. The number of carboxylic acid groups (broad SMARTS) is 1. The van der Waals surface area contributed by atoms with Crippen LogP contribution in [0.3, 0.4) is 0 Å². The topological polar surface area (TPSA) is 79.3 Å². The van der Waals surface area contributed by atoms with Crippen molar-refractivity contribution in [3.63, 3.8) is 0 Å². The van der Waals surface area contributed by atoms with Crippen LogP contribution in [0.25, 0.3) is 0 Å². The number of amides is 1. The molecule has 1 heterocycles. The van der Waals surface area contributed by atoms with Crippen LogP contribution in [-0.2, 0) is 11.2 Å². The van der Waals surface area contributed by atoms with E-state index in [2.05, 4.69) is 10.3 Å². The molecule has 2 rings (SSSR count). The lowest BCUT2D eigenvalue weighted by Gasteiger charge is -2.27. The lowest BCUT2D eigenvalue weighted by molar-refractivity contribution is -0.143. The van der Waals surface area contributed by atoms with Gasteiger partial charge in [-0.25, -0.2) is 4.98 Å². The van der Waals surface area contributed by atoms with Gasteiger partial charge >= 0.3 is 5.97 Å². The average molecular weight is 311 g/mol. The second-order valence-electron chi connectivity index (χ2n) is 5.40. The summed E-state index contributed by atoms with van der Waals surface area (Å²) in [6, 6.07) is 3.16. The Hall–Kier alpha value is -1.62. The lowest BCUT2D eigenvalue weighted by Crippen LogP contribution is -2.40. The highest BCUT2D eigenvalue weighted by molar-refractivity contribution is 6.29. The zero-order valence-electron chi connectivity index (χ0n) is 11.9. The molecule has 1 aliphatic rings. The molecule has 0 bridgehead atoms. The van der Waals surface area contributed by atoms with Gasteiger partial charge in [0.05, 0.1) is 5.92 Å². The first-order chi connectivity index (χ1) is 9.99. The summed E-state index contributed by atoms with van der Waals surface area (Å²) in [5, 5.41) is 12.3. The Kier molecular flexibility index (Phi) is 5.17. The Morgan fingerprint density at radius 1 is 1.43 bits per heavy atom. The van der Waals surface area contributed by atoms with Crippen molar-refractivity contribution in [2.24, 2.45) is 5.92 Å². The minimum absolute atomic E-state index is 0.0932. The average Bonchev–Trinajstić information content (AvgIpc) is 2.46. The van der Waals surface area contributed by atoms with Gasteiger partial charge in [-0.15, -0.1) is 0 Å². The third-order valence-corrected chi connectivity index (χ3v) is 4.02. The summed E-state index contributed by atoms with van der Waals surface area (Å²) >= 11 is 5.91. The fourth-order valence-electron chi connectivity index (χ4n) is 2.68. The maximum Gasteiger partial charge on any atom is 0.306 e. The first-order valence-electron chi connectivity index (χ1n) is 7.19. The minimum Gasteiger partial charge on any atom is -0.481 e. The Labute approximate surface area is 128 Å². The van der Waals surface area contributed by atoms with E-state index in [0.717, 1.165) is 18.5 Å². The zero-order chi connectivity index (χ0) is 15.4. The second-order valence-corrected chi connectivity index (χ2v) is 5.78. The van der Waals surface area contributed by atoms with Gasteiger partial charge < -0.3 is 10.4 Å². The number of carboxylic acids is 1. The van der Waals surface area contributed by atoms with Crippen molar-refractivity contribution >= 4 is 23.5 Å². The van der Waals surface area contributed by atoms with Gasteiger partial charge in [0.2, 0.25) is 0 Å². The summed E-state index contributed by atoms with van der Waals surface area (Å²) < 4.78 is 0. The molecule has 0 aromatic carbocycles. The fourth-order valence-corrected chi connectivity index (χ4v) is 2.90. The Balaban J connectivity index is 2.04. The van der Waals surface area contributed by atoms with E-state index < -0.39 is 5.97 Å². The summed E-state index contributed by atoms with van der Waals surface area (Å²) in [6.45, 7) is 1.94. The number of pyridine rings is 1. The van der Waals surface area contributed by atoms with E-state index in [1.165, 1.54) is 6.07 Å². The van der Waals surface area contributed by atoms with Gasteiger partial charge in [-0.1, -0.05) is 24.9 Å². The molecule has 114 valence electrons. The van der Waals surface area contributed by atoms with E-state index in [1.807, 2.05) is 6.92 Å². The number of halogens is 1. The molecule has 0 aliphatic heterocycles. The third kappa shape index (κ3) is 4.17. The number of aliphatic carboxylic acids is 1. The highest BCUT2D eigenvalue weighted by Gasteiger charge is 2.28. The van der Waals surface area contributed by atoms with Gasteiger partial charge in [0.1, 0.15) is 5.15 Å². The van der Waals surface area contributed by atoms with Crippen LogP contribution in [0.1, 0.15) is 48.7 Å². The number of carbonyl (C=O) groups excluding carboxylic acids is 1. The van der Waals surface area contributed by atoms with Gasteiger partial charge in [0, 0.05) is 17.3 Å². The number of hydrogen-bond acceptors (Lipinski definition) is 3. The van der Waals surface area contributed by atoms with Crippen LogP contribution in [0.5, 0.6) is 0 Å². The van der Waals surface area contributed by atoms with Crippen molar-refractivity contribution in [3.8, 4) is 0 Å². The number of nitrogens with one attached hydrogen (secondary N) is 1. The fraction of sp³-hybridized carbons (Fsp3) is 0.533. The molecular weight excluding hydrogens is 292 g/mol. The first kappa shape index (κ1) is 15.8. The SMILES string of the molecule is CCc1cc(C(=O)NC2CCCC(C(=O)O)C2)cc(Cl)n1. The van der Waals surface area contributed by atoms with Gasteiger partial charge in [0.15, 0.2) is 0 Å². The third-order valence-electron chi connectivity index (χ3n) is 3.83. The molecule has 1 amide bonds. The van der Waals surface area contributed by atoms with Crippen molar-refractivity contribution in [1.82, 2.24) is 10.3 Å². The molecule has 2 N–H and O–H groups in total. The van der Waals surface area contributed by atoms with Crippen molar-refractivity contribution in [2.75, 3.05) is 0 Å². The Bertz CT molecular complexity index is 548. The second kappa shape index (κ2) is 6.89. The molecule has 1 aromatic rings. The number of rotatable bonds is 4. The Morgan fingerprint density at radius 3 is 2.86 bits per heavy atom. The van der Waals surface area contributed by atoms with Gasteiger partial charge in [-0.2, -0.15) is 0 Å². The molecule has 2 atom stereocenters. The normalized spacial score (nSPS) is 21.8. The van der Waals surface area contributed by atoms with Crippen LogP contribution in [-0.4, -0.2) is 28.0 Å². The predicted octanol–water partition coefficient (Wildman–Crippen LogP) is 2.67. The summed E-state index contributed by atoms with van der Waals surface area (Å²) in [5.41, 5.74) is 1.24. The molecule has 6 heteroatoms. The van der Waals surface area contributed by atoms with Crippen LogP contribution < -0.4 is 5.32 Å². The monoisotopic (exact) mass is 310 g/mol. The van der Waals surface area contributed by atoms with E-state index in [0.29, 0.717) is 30.0 Å². The van der Waals surface area contributed by atoms with Crippen molar-refractivity contribution in [3.05, 3.63) is 28.5 Å². The molecule has 5 nitrogen and oxygen atoms in total. The summed E-state index contributed by atoms with van der Waals surface area (Å²) in [5.74, 6) is -1.37. The minimum atomic E-state index is -0.783. The molecule has 0 spiro atoms. The van der Waals surface area contributed by atoms with Crippen LogP contribution in [0.15, 0.2) is 12.1 Å². The largest absolute Gasteiger partial charge is 0.481 e. The summed E-state index contributed by atoms with van der Waals surface area (Å²) in [4.78, 5) is 27.4. The van der Waals surface area contributed by atoms with E-state index in [1.54, 1.807) is 6.07 Å². The molecule has 21 heavy (non-hydrogen) atoms. The van der Waals surface area contributed by atoms with E-state index >= 15 is 0 Å². The van der Waals surface area contributed by atoms with Gasteiger partial charge in [-0.05, 0) is 37.8 Å². The summed E-state index contributed by atoms with van der Waals surface area (Å²) in [6.07, 6.45) is 3.50. The molecule has 1 aromatic heterocycles. The number of aromatic nitrogens is 1. The van der Waals surface area contributed by atoms with Gasteiger partial charge in [0.25, 0.3) is 5.91 Å². The zero-order valence-corrected chi connectivity index (χ0v) is 12.7. The van der Waals surface area contributed by atoms with Crippen LogP contribution in [0, 0.1) is 5.92 Å². The molecule has 1 saturated carbocycles. The van der Waals surface area contributed by atoms with E-state index in [4.69, 9.17) is 16.7 Å². The summed E-state index contributed by atoms with van der Waals surface area (Å²) in [7, 11) is 0. The molecular formula is C15H19ClN2O3. The van der Waals surface area contributed by atoms with E-state index in [-0.39, 0.29) is 17.9 Å². The van der Waals surface area contributed by atoms with Crippen LogP contribution in [0.4, 0.5) is 0 Å². The van der Waals surface area contributed by atoms with Crippen LogP contribution >= 0.6 is 11.6 Å². The number of carbonyl (C=O) groups is 2. The van der Waals surface area contributed by atoms with Crippen molar-refractivity contribution in [1.29, 1.82) is 0 Å². The predicted molar refractivity (Wildman–Crippen MR) is 79.5 cm³/mol. The molecule has 1 fully saturated rings. The highest BCUT2D eigenvalue weighted by Crippen LogP contribution is 2.24. The molecule has 0 radical (unpaired) electrons. The molecule has 2 unspecified atom stereocenters. The smallest absolute Gasteiger partial charge is 0.306 e. The van der Waals surface area contributed by atoms with Crippen molar-refractivity contribution in [2.45, 2.75) is 45.1 Å².